The van der Waals surface area contributed by atoms with Gasteiger partial charge in [0.2, 0.25) is 0 Å². The molecule has 6 nitrogen and oxygen atoms in total. The van der Waals surface area contributed by atoms with Gasteiger partial charge >= 0.3 is 5.97 Å². The first-order chi connectivity index (χ1) is 11.2. The minimum absolute atomic E-state index is 0.344. The number of rotatable bonds is 4. The van der Waals surface area contributed by atoms with E-state index in [0.717, 1.165) is 11.3 Å². The Morgan fingerprint density at radius 3 is 2.48 bits per heavy atom. The Morgan fingerprint density at radius 2 is 1.83 bits per heavy atom. The summed E-state index contributed by atoms with van der Waals surface area (Å²) < 4.78 is 6.50. The molecule has 0 aliphatic carbocycles. The maximum Gasteiger partial charge on any atom is 0.338 e. The summed E-state index contributed by atoms with van der Waals surface area (Å²) in [7, 11) is 0. The van der Waals surface area contributed by atoms with Crippen molar-refractivity contribution in [2.45, 2.75) is 6.92 Å². The summed E-state index contributed by atoms with van der Waals surface area (Å²) in [4.78, 5) is 11.7. The molecule has 2 N–H and O–H groups in total. The molecule has 3 aromatic rings. The fourth-order valence-electron chi connectivity index (χ4n) is 2.23. The van der Waals surface area contributed by atoms with E-state index in [4.69, 9.17) is 10.5 Å². The van der Waals surface area contributed by atoms with Crippen molar-refractivity contribution >= 4 is 11.8 Å². The standard InChI is InChI=1S/C17H16N4O2/c1-2-23-17(22)13-8-10-14(11-9-13)21-16(18)15(19-20-21)12-6-4-3-5-7-12/h3-11H,2,18H2,1H3. The summed E-state index contributed by atoms with van der Waals surface area (Å²) in [5, 5.41) is 8.24. The van der Waals surface area contributed by atoms with Crippen LogP contribution in [-0.4, -0.2) is 27.6 Å². The minimum atomic E-state index is -0.351. The third kappa shape index (κ3) is 2.91. The Hall–Kier alpha value is -3.15. The number of carbonyl (C=O) groups excluding carboxylic acids is 1. The molecule has 0 saturated heterocycles. The highest BCUT2D eigenvalue weighted by atomic mass is 16.5. The van der Waals surface area contributed by atoms with Crippen LogP contribution >= 0.6 is 0 Å². The van der Waals surface area contributed by atoms with Crippen molar-refractivity contribution in [2.24, 2.45) is 0 Å². The molecule has 2 aromatic carbocycles. The van der Waals surface area contributed by atoms with Crippen molar-refractivity contribution in [1.82, 2.24) is 15.0 Å². The zero-order chi connectivity index (χ0) is 16.2. The van der Waals surface area contributed by atoms with Crippen molar-refractivity contribution in [3.8, 4) is 16.9 Å². The molecular formula is C17H16N4O2. The number of anilines is 1. The van der Waals surface area contributed by atoms with E-state index in [0.29, 0.717) is 23.7 Å². The fourth-order valence-corrected chi connectivity index (χ4v) is 2.23. The lowest BCUT2D eigenvalue weighted by molar-refractivity contribution is 0.0526. The third-order valence-corrected chi connectivity index (χ3v) is 3.38. The molecular weight excluding hydrogens is 292 g/mol. The van der Waals surface area contributed by atoms with Crippen LogP contribution in [0.5, 0.6) is 0 Å². The van der Waals surface area contributed by atoms with Gasteiger partial charge in [0.05, 0.1) is 17.9 Å². The molecule has 0 saturated carbocycles. The van der Waals surface area contributed by atoms with E-state index in [1.165, 1.54) is 4.68 Å². The number of hydrogen-bond acceptors (Lipinski definition) is 5. The summed E-state index contributed by atoms with van der Waals surface area (Å²) in [6.07, 6.45) is 0. The average Bonchev–Trinajstić information content (AvgIpc) is 2.97. The van der Waals surface area contributed by atoms with Crippen LogP contribution in [0.1, 0.15) is 17.3 Å². The second-order valence-electron chi connectivity index (χ2n) is 4.87. The second-order valence-corrected chi connectivity index (χ2v) is 4.87. The maximum absolute atomic E-state index is 11.7. The van der Waals surface area contributed by atoms with Crippen LogP contribution in [0, 0.1) is 0 Å². The average molecular weight is 308 g/mol. The molecule has 23 heavy (non-hydrogen) atoms. The normalized spacial score (nSPS) is 10.5. The molecule has 0 bridgehead atoms. The van der Waals surface area contributed by atoms with Gasteiger partial charge in [-0.25, -0.2) is 4.79 Å². The van der Waals surface area contributed by atoms with Crippen LogP contribution in [0.15, 0.2) is 54.6 Å². The predicted octanol–water partition coefficient (Wildman–Crippen LogP) is 2.69. The van der Waals surface area contributed by atoms with Gasteiger partial charge in [0.15, 0.2) is 5.82 Å². The van der Waals surface area contributed by atoms with Gasteiger partial charge in [-0.05, 0) is 31.2 Å². The summed E-state index contributed by atoms with van der Waals surface area (Å²) in [6, 6.07) is 16.5. The van der Waals surface area contributed by atoms with E-state index in [1.54, 1.807) is 31.2 Å². The molecule has 0 spiro atoms. The Bertz CT molecular complexity index is 810. The lowest BCUT2D eigenvalue weighted by Crippen LogP contribution is -2.06. The first kappa shape index (κ1) is 14.8. The SMILES string of the molecule is CCOC(=O)c1ccc(-n2nnc(-c3ccccc3)c2N)cc1. The van der Waals surface area contributed by atoms with E-state index >= 15 is 0 Å². The van der Waals surface area contributed by atoms with Crippen LogP contribution in [0.2, 0.25) is 0 Å². The van der Waals surface area contributed by atoms with Gasteiger partial charge in [0, 0.05) is 5.56 Å². The summed E-state index contributed by atoms with van der Waals surface area (Å²) in [5.74, 6) is 0.0932. The molecule has 3 rings (SSSR count). The van der Waals surface area contributed by atoms with Crippen LogP contribution in [0.4, 0.5) is 5.82 Å². The van der Waals surface area contributed by atoms with E-state index in [2.05, 4.69) is 10.3 Å². The number of carbonyl (C=O) groups is 1. The number of ether oxygens (including phenoxy) is 1. The van der Waals surface area contributed by atoms with Gasteiger partial charge in [0.1, 0.15) is 5.69 Å². The van der Waals surface area contributed by atoms with E-state index in [9.17, 15) is 4.79 Å². The van der Waals surface area contributed by atoms with Gasteiger partial charge in [0.25, 0.3) is 0 Å². The third-order valence-electron chi connectivity index (χ3n) is 3.38. The van der Waals surface area contributed by atoms with E-state index in [-0.39, 0.29) is 5.97 Å². The number of nitrogens with zero attached hydrogens (tertiary/aromatic N) is 3. The number of esters is 1. The molecule has 0 amide bonds. The van der Waals surface area contributed by atoms with Crippen LogP contribution in [-0.2, 0) is 4.74 Å². The van der Waals surface area contributed by atoms with E-state index < -0.39 is 0 Å². The van der Waals surface area contributed by atoms with Crippen molar-refractivity contribution in [1.29, 1.82) is 0 Å². The number of nitrogens with two attached hydrogens (primary N) is 1. The maximum atomic E-state index is 11.7. The number of aromatic nitrogens is 3. The highest BCUT2D eigenvalue weighted by Gasteiger charge is 2.13. The fraction of sp³-hybridized carbons (Fsp3) is 0.118. The van der Waals surface area contributed by atoms with Gasteiger partial charge in [-0.1, -0.05) is 35.5 Å². The van der Waals surface area contributed by atoms with E-state index in [1.807, 2.05) is 30.3 Å². The quantitative estimate of drug-likeness (QED) is 0.749. The lowest BCUT2D eigenvalue weighted by Gasteiger charge is -2.05. The second kappa shape index (κ2) is 6.31. The molecule has 6 heteroatoms. The van der Waals surface area contributed by atoms with Crippen LogP contribution in [0.25, 0.3) is 16.9 Å². The van der Waals surface area contributed by atoms with Crippen LogP contribution in [0.3, 0.4) is 0 Å². The molecule has 1 aromatic heterocycles. The topological polar surface area (TPSA) is 83.0 Å². The summed E-state index contributed by atoms with van der Waals surface area (Å²) in [6.45, 7) is 2.12. The van der Waals surface area contributed by atoms with Gasteiger partial charge < -0.3 is 10.5 Å². The molecule has 0 fully saturated rings. The zero-order valence-electron chi connectivity index (χ0n) is 12.6. The minimum Gasteiger partial charge on any atom is -0.462 e. The molecule has 0 radical (unpaired) electrons. The molecule has 1 heterocycles. The Morgan fingerprint density at radius 1 is 1.13 bits per heavy atom. The summed E-state index contributed by atoms with van der Waals surface area (Å²) >= 11 is 0. The zero-order valence-corrected chi connectivity index (χ0v) is 12.6. The Balaban J connectivity index is 1.91. The molecule has 0 unspecified atom stereocenters. The van der Waals surface area contributed by atoms with Gasteiger partial charge in [-0.3, -0.25) is 0 Å². The van der Waals surface area contributed by atoms with Crippen molar-refractivity contribution in [2.75, 3.05) is 12.3 Å². The largest absolute Gasteiger partial charge is 0.462 e. The Labute approximate surface area is 133 Å². The number of hydrogen-bond donors (Lipinski definition) is 1. The first-order valence-electron chi connectivity index (χ1n) is 7.25. The lowest BCUT2D eigenvalue weighted by atomic mass is 10.1. The Kier molecular flexibility index (Phi) is 4.05. The number of benzene rings is 2. The smallest absolute Gasteiger partial charge is 0.338 e. The monoisotopic (exact) mass is 308 g/mol. The van der Waals surface area contributed by atoms with Crippen LogP contribution < -0.4 is 5.73 Å². The van der Waals surface area contributed by atoms with Crippen molar-refractivity contribution in [3.63, 3.8) is 0 Å². The van der Waals surface area contributed by atoms with Crippen molar-refractivity contribution < 1.29 is 9.53 Å². The first-order valence-corrected chi connectivity index (χ1v) is 7.25. The van der Waals surface area contributed by atoms with Gasteiger partial charge in [-0.15, -0.1) is 5.10 Å². The van der Waals surface area contributed by atoms with Crippen molar-refractivity contribution in [3.05, 3.63) is 60.2 Å². The number of nitrogen functional groups attached to an aromatic ring is 1. The summed E-state index contributed by atoms with van der Waals surface area (Å²) in [5.41, 5.74) is 8.90. The highest BCUT2D eigenvalue weighted by Crippen LogP contribution is 2.25. The van der Waals surface area contributed by atoms with Gasteiger partial charge in [-0.2, -0.15) is 4.68 Å². The molecule has 116 valence electrons. The molecule has 0 aliphatic rings. The predicted molar refractivity (Wildman–Crippen MR) is 87.2 cm³/mol. The molecule has 0 atom stereocenters. The molecule has 0 aliphatic heterocycles. The highest BCUT2D eigenvalue weighted by molar-refractivity contribution is 5.89.